The van der Waals surface area contributed by atoms with Crippen molar-refractivity contribution in [3.63, 3.8) is 0 Å². The van der Waals surface area contributed by atoms with Crippen molar-refractivity contribution in [2.75, 3.05) is 13.2 Å². The topological polar surface area (TPSA) is 41.6 Å². The Morgan fingerprint density at radius 2 is 2.00 bits per heavy atom. The molecule has 2 unspecified atom stereocenters. The molecule has 1 N–H and O–H groups in total. The molecule has 1 aliphatic heterocycles. The van der Waals surface area contributed by atoms with Crippen molar-refractivity contribution >= 4 is 5.91 Å². The third-order valence-electron chi connectivity index (χ3n) is 3.41. The minimum atomic E-state index is -0.277. The second-order valence-electron chi connectivity index (χ2n) is 5.59. The van der Waals surface area contributed by atoms with Gasteiger partial charge in [-0.2, -0.15) is 0 Å². The molecule has 0 bridgehead atoms. The lowest BCUT2D eigenvalue weighted by atomic mass is 10.1. The van der Waals surface area contributed by atoms with Crippen molar-refractivity contribution in [1.82, 2.24) is 10.2 Å². The highest BCUT2D eigenvalue weighted by Crippen LogP contribution is 2.21. The Hall–Kier alpha value is -0.610. The summed E-state index contributed by atoms with van der Waals surface area (Å²) >= 11 is 0. The van der Waals surface area contributed by atoms with E-state index in [1.165, 1.54) is 0 Å². The van der Waals surface area contributed by atoms with E-state index >= 15 is 0 Å². The zero-order valence-corrected chi connectivity index (χ0v) is 12.5. The van der Waals surface area contributed by atoms with Gasteiger partial charge in [0.05, 0.1) is 24.4 Å². The molecule has 4 nitrogen and oxygen atoms in total. The van der Waals surface area contributed by atoms with Crippen molar-refractivity contribution in [3.8, 4) is 0 Å². The number of amides is 1. The van der Waals surface area contributed by atoms with Crippen molar-refractivity contribution in [2.24, 2.45) is 0 Å². The fourth-order valence-electron chi connectivity index (χ4n) is 2.59. The van der Waals surface area contributed by atoms with Gasteiger partial charge in [-0.05, 0) is 33.6 Å². The Labute approximate surface area is 111 Å². The van der Waals surface area contributed by atoms with Gasteiger partial charge in [-0.15, -0.1) is 0 Å². The monoisotopic (exact) mass is 256 g/mol. The first-order valence-electron chi connectivity index (χ1n) is 7.15. The lowest BCUT2D eigenvalue weighted by Gasteiger charge is -2.33. The molecular weight excluding hydrogens is 228 g/mol. The van der Waals surface area contributed by atoms with E-state index in [4.69, 9.17) is 4.74 Å². The predicted octanol–water partition coefficient (Wildman–Crippen LogP) is 2.14. The van der Waals surface area contributed by atoms with E-state index in [9.17, 15) is 4.79 Å². The van der Waals surface area contributed by atoms with Crippen molar-refractivity contribution in [3.05, 3.63) is 0 Å². The molecule has 0 aromatic carbocycles. The maximum Gasteiger partial charge on any atom is 0.241 e. The first-order chi connectivity index (χ1) is 8.45. The smallest absolute Gasteiger partial charge is 0.241 e. The maximum atomic E-state index is 12.3. The second kappa shape index (κ2) is 6.53. The Bertz CT molecular complexity index is 279. The minimum Gasteiger partial charge on any atom is -0.374 e. The average molecular weight is 256 g/mol. The first-order valence-corrected chi connectivity index (χ1v) is 7.15. The molecule has 1 aliphatic rings. The SMILES string of the molecule is CCCC1NC(CC)C(=O)N1CC(C)(C)OCC. The van der Waals surface area contributed by atoms with E-state index in [0.29, 0.717) is 13.2 Å². The molecule has 0 aliphatic carbocycles. The fourth-order valence-corrected chi connectivity index (χ4v) is 2.59. The third-order valence-corrected chi connectivity index (χ3v) is 3.41. The van der Waals surface area contributed by atoms with E-state index < -0.39 is 0 Å². The molecule has 0 saturated carbocycles. The summed E-state index contributed by atoms with van der Waals surface area (Å²) < 4.78 is 5.71. The third kappa shape index (κ3) is 3.69. The van der Waals surface area contributed by atoms with Crippen LogP contribution in [0.4, 0.5) is 0 Å². The van der Waals surface area contributed by atoms with E-state index in [1.54, 1.807) is 0 Å². The Balaban J connectivity index is 2.72. The van der Waals surface area contributed by atoms with Gasteiger partial charge in [0.25, 0.3) is 0 Å². The quantitative estimate of drug-likeness (QED) is 0.759. The van der Waals surface area contributed by atoms with Crippen LogP contribution >= 0.6 is 0 Å². The predicted molar refractivity (Wildman–Crippen MR) is 73.3 cm³/mol. The summed E-state index contributed by atoms with van der Waals surface area (Å²) in [5.74, 6) is 0.226. The van der Waals surface area contributed by atoms with Gasteiger partial charge in [-0.25, -0.2) is 0 Å². The van der Waals surface area contributed by atoms with Crippen molar-refractivity contribution in [1.29, 1.82) is 0 Å². The van der Waals surface area contributed by atoms with Crippen LogP contribution in [-0.2, 0) is 9.53 Å². The summed E-state index contributed by atoms with van der Waals surface area (Å²) in [7, 11) is 0. The molecule has 0 radical (unpaired) electrons. The maximum absolute atomic E-state index is 12.3. The molecule has 2 atom stereocenters. The normalized spacial score (nSPS) is 24.9. The molecule has 0 aromatic heterocycles. The van der Waals surface area contributed by atoms with Gasteiger partial charge in [0.1, 0.15) is 0 Å². The zero-order valence-electron chi connectivity index (χ0n) is 12.5. The first kappa shape index (κ1) is 15.4. The van der Waals surface area contributed by atoms with Crippen LogP contribution in [0.2, 0.25) is 0 Å². The van der Waals surface area contributed by atoms with Crippen LogP contribution in [-0.4, -0.2) is 41.8 Å². The Morgan fingerprint density at radius 1 is 1.33 bits per heavy atom. The largest absolute Gasteiger partial charge is 0.374 e. The Morgan fingerprint density at radius 3 is 2.50 bits per heavy atom. The summed E-state index contributed by atoms with van der Waals surface area (Å²) in [5, 5.41) is 3.43. The van der Waals surface area contributed by atoms with Crippen LogP contribution in [0.1, 0.15) is 53.9 Å². The van der Waals surface area contributed by atoms with E-state index in [0.717, 1.165) is 19.3 Å². The number of hydrogen-bond acceptors (Lipinski definition) is 3. The highest BCUT2D eigenvalue weighted by Gasteiger charge is 2.39. The van der Waals surface area contributed by atoms with Crippen LogP contribution < -0.4 is 5.32 Å². The van der Waals surface area contributed by atoms with Crippen LogP contribution in [0.5, 0.6) is 0 Å². The van der Waals surface area contributed by atoms with Gasteiger partial charge in [0.2, 0.25) is 5.91 Å². The van der Waals surface area contributed by atoms with E-state index in [1.807, 2.05) is 25.7 Å². The number of nitrogens with one attached hydrogen (secondary N) is 1. The van der Waals surface area contributed by atoms with Gasteiger partial charge < -0.3 is 9.64 Å². The molecule has 0 spiro atoms. The van der Waals surface area contributed by atoms with Gasteiger partial charge in [-0.1, -0.05) is 20.3 Å². The molecule has 1 rings (SSSR count). The molecular formula is C14H28N2O2. The lowest BCUT2D eigenvalue weighted by molar-refractivity contribution is -0.134. The molecule has 106 valence electrons. The highest BCUT2D eigenvalue weighted by atomic mass is 16.5. The van der Waals surface area contributed by atoms with Gasteiger partial charge >= 0.3 is 0 Å². The Kier molecular flexibility index (Phi) is 5.60. The van der Waals surface area contributed by atoms with Crippen LogP contribution in [0.25, 0.3) is 0 Å². The summed E-state index contributed by atoms with van der Waals surface area (Å²) in [6.45, 7) is 11.6. The van der Waals surface area contributed by atoms with Crippen molar-refractivity contribution < 1.29 is 9.53 Å². The molecule has 1 heterocycles. The van der Waals surface area contributed by atoms with Crippen molar-refractivity contribution in [2.45, 2.75) is 71.7 Å². The number of hydrogen-bond donors (Lipinski definition) is 1. The number of nitrogens with zero attached hydrogens (tertiary/aromatic N) is 1. The molecule has 1 amide bonds. The average Bonchev–Trinajstić information content (AvgIpc) is 2.57. The minimum absolute atomic E-state index is 0.0148. The summed E-state index contributed by atoms with van der Waals surface area (Å²) in [4.78, 5) is 14.3. The van der Waals surface area contributed by atoms with Gasteiger partial charge in [0, 0.05) is 6.61 Å². The fraction of sp³-hybridized carbons (Fsp3) is 0.929. The summed E-state index contributed by atoms with van der Waals surface area (Å²) in [6.07, 6.45) is 3.11. The number of ether oxygens (including phenoxy) is 1. The van der Waals surface area contributed by atoms with E-state index in [-0.39, 0.29) is 23.7 Å². The molecule has 0 aromatic rings. The second-order valence-corrected chi connectivity index (χ2v) is 5.59. The molecule has 18 heavy (non-hydrogen) atoms. The molecule has 1 fully saturated rings. The van der Waals surface area contributed by atoms with Crippen LogP contribution in [0.15, 0.2) is 0 Å². The van der Waals surface area contributed by atoms with E-state index in [2.05, 4.69) is 19.2 Å². The number of rotatable bonds is 7. The summed E-state index contributed by atoms with van der Waals surface area (Å²) in [6, 6.07) is -0.0148. The summed E-state index contributed by atoms with van der Waals surface area (Å²) in [5.41, 5.74) is -0.277. The van der Waals surface area contributed by atoms with Gasteiger partial charge in [-0.3, -0.25) is 10.1 Å². The molecule has 4 heteroatoms. The standard InChI is InChI=1S/C14H28N2O2/c1-6-9-12-15-11(7-2)13(17)16(12)10-14(4,5)18-8-3/h11-12,15H,6-10H2,1-5H3. The lowest BCUT2D eigenvalue weighted by Crippen LogP contribution is -2.46. The molecule has 1 saturated heterocycles. The number of carbonyl (C=O) groups excluding carboxylic acids is 1. The zero-order chi connectivity index (χ0) is 13.8. The number of carbonyl (C=O) groups is 1. The van der Waals surface area contributed by atoms with Crippen LogP contribution in [0.3, 0.4) is 0 Å². The van der Waals surface area contributed by atoms with Gasteiger partial charge in [0.15, 0.2) is 0 Å². The highest BCUT2D eigenvalue weighted by molar-refractivity contribution is 5.84. The van der Waals surface area contributed by atoms with Crippen LogP contribution in [0, 0.1) is 0 Å².